The number of carboxylic acids is 1. The first-order valence-electron chi connectivity index (χ1n) is 4.33. The molecule has 0 fully saturated rings. The second-order valence-electron chi connectivity index (χ2n) is 3.08. The number of carbonyl (C=O) groups is 1. The molecule has 0 aliphatic heterocycles. The molecule has 90 valence electrons. The first-order valence-corrected chi connectivity index (χ1v) is 5.88. The minimum absolute atomic E-state index is 0.152. The zero-order chi connectivity index (χ0) is 12.3. The van der Waals surface area contributed by atoms with Crippen LogP contribution in [0.15, 0.2) is 4.52 Å². The van der Waals surface area contributed by atoms with Crippen molar-refractivity contribution in [3.63, 3.8) is 0 Å². The van der Waals surface area contributed by atoms with E-state index in [1.54, 1.807) is 6.92 Å². The van der Waals surface area contributed by atoms with Gasteiger partial charge in [0.2, 0.25) is 15.9 Å². The number of carboxylic acid groups (broad SMARTS) is 1. The van der Waals surface area contributed by atoms with E-state index in [0.717, 1.165) is 6.92 Å². The molecule has 1 atom stereocenters. The fourth-order valence-electron chi connectivity index (χ4n) is 0.836. The minimum Gasteiger partial charge on any atom is -0.480 e. The largest absolute Gasteiger partial charge is 0.480 e. The van der Waals surface area contributed by atoms with E-state index in [-0.39, 0.29) is 12.4 Å². The zero-order valence-electron chi connectivity index (χ0n) is 8.67. The molecule has 0 amide bonds. The van der Waals surface area contributed by atoms with Crippen molar-refractivity contribution in [1.82, 2.24) is 14.9 Å². The van der Waals surface area contributed by atoms with Gasteiger partial charge in [0.05, 0.1) is 6.54 Å². The molecule has 0 radical (unpaired) electrons. The van der Waals surface area contributed by atoms with Crippen molar-refractivity contribution >= 4 is 16.0 Å². The van der Waals surface area contributed by atoms with E-state index < -0.39 is 21.2 Å². The molecule has 1 aromatic heterocycles. The highest BCUT2D eigenvalue weighted by molar-refractivity contribution is 7.90. The van der Waals surface area contributed by atoms with Crippen LogP contribution in [0, 0.1) is 6.92 Å². The number of aliphatic carboxylic acids is 1. The average Bonchev–Trinajstić information content (AvgIpc) is 2.60. The van der Waals surface area contributed by atoms with E-state index >= 15 is 0 Å². The number of hydrogen-bond acceptors (Lipinski definition) is 6. The highest BCUT2D eigenvalue weighted by atomic mass is 32.2. The zero-order valence-corrected chi connectivity index (χ0v) is 9.48. The molecule has 1 unspecified atom stereocenters. The van der Waals surface area contributed by atoms with E-state index in [1.165, 1.54) is 0 Å². The fourth-order valence-corrected chi connectivity index (χ4v) is 1.68. The number of nitrogens with one attached hydrogen (secondary N) is 1. The summed E-state index contributed by atoms with van der Waals surface area (Å²) in [6.07, 6.45) is 0. The molecule has 1 aromatic rings. The van der Waals surface area contributed by atoms with Crippen molar-refractivity contribution in [3.05, 3.63) is 11.7 Å². The van der Waals surface area contributed by atoms with Crippen LogP contribution in [0.4, 0.5) is 0 Å². The molecule has 0 aliphatic rings. The van der Waals surface area contributed by atoms with Gasteiger partial charge in [0.25, 0.3) is 0 Å². The van der Waals surface area contributed by atoms with Gasteiger partial charge in [-0.25, -0.2) is 13.1 Å². The van der Waals surface area contributed by atoms with Crippen LogP contribution in [0.25, 0.3) is 0 Å². The number of aromatic nitrogens is 2. The van der Waals surface area contributed by atoms with Crippen molar-refractivity contribution in [1.29, 1.82) is 0 Å². The molecule has 8 nitrogen and oxygen atoms in total. The van der Waals surface area contributed by atoms with Crippen molar-refractivity contribution in [2.45, 2.75) is 25.6 Å². The normalized spacial score (nSPS) is 13.6. The summed E-state index contributed by atoms with van der Waals surface area (Å²) in [5, 5.41) is 10.5. The molecule has 0 aliphatic carbocycles. The second kappa shape index (κ2) is 4.58. The first kappa shape index (κ1) is 12.6. The van der Waals surface area contributed by atoms with Crippen molar-refractivity contribution in [3.8, 4) is 0 Å². The van der Waals surface area contributed by atoms with E-state index in [4.69, 9.17) is 5.11 Å². The summed E-state index contributed by atoms with van der Waals surface area (Å²) in [6.45, 7) is 2.44. The number of nitrogens with zero attached hydrogens (tertiary/aromatic N) is 2. The van der Waals surface area contributed by atoms with Gasteiger partial charge in [-0.3, -0.25) is 4.79 Å². The van der Waals surface area contributed by atoms with Crippen LogP contribution in [-0.2, 0) is 21.4 Å². The van der Waals surface area contributed by atoms with Gasteiger partial charge in [-0.05, 0) is 6.92 Å². The van der Waals surface area contributed by atoms with Crippen LogP contribution in [-0.4, -0.2) is 34.9 Å². The third-order valence-electron chi connectivity index (χ3n) is 1.81. The lowest BCUT2D eigenvalue weighted by molar-refractivity contribution is -0.136. The summed E-state index contributed by atoms with van der Waals surface area (Å²) in [6, 6.07) is 0. The molecule has 9 heteroatoms. The van der Waals surface area contributed by atoms with Crippen LogP contribution >= 0.6 is 0 Å². The number of rotatable bonds is 5. The summed E-state index contributed by atoms with van der Waals surface area (Å²) in [7, 11) is -3.92. The Balaban J connectivity index is 2.65. The van der Waals surface area contributed by atoms with Gasteiger partial charge in [0.15, 0.2) is 11.1 Å². The fraction of sp³-hybridized carbons (Fsp3) is 0.571. The van der Waals surface area contributed by atoms with Crippen LogP contribution in [0.2, 0.25) is 0 Å². The molecule has 0 saturated heterocycles. The van der Waals surface area contributed by atoms with E-state index in [9.17, 15) is 13.2 Å². The van der Waals surface area contributed by atoms with Crippen LogP contribution < -0.4 is 4.72 Å². The summed E-state index contributed by atoms with van der Waals surface area (Å²) in [4.78, 5) is 14.3. The van der Waals surface area contributed by atoms with Gasteiger partial charge in [-0.2, -0.15) is 4.98 Å². The number of hydrogen-bond donors (Lipinski definition) is 2. The number of aryl methyl sites for hydroxylation is 1. The molecule has 0 bridgehead atoms. The van der Waals surface area contributed by atoms with Gasteiger partial charge in [0.1, 0.15) is 0 Å². The van der Waals surface area contributed by atoms with Crippen LogP contribution in [0.3, 0.4) is 0 Å². The molecular formula is C7H11N3O5S. The van der Waals surface area contributed by atoms with E-state index in [2.05, 4.69) is 19.4 Å². The van der Waals surface area contributed by atoms with Crippen molar-refractivity contribution in [2.75, 3.05) is 0 Å². The maximum Gasteiger partial charge on any atom is 0.323 e. The van der Waals surface area contributed by atoms with E-state index in [0.29, 0.717) is 5.89 Å². The molecular weight excluding hydrogens is 238 g/mol. The highest BCUT2D eigenvalue weighted by Crippen LogP contribution is 2.00. The smallest absolute Gasteiger partial charge is 0.323 e. The third-order valence-corrected chi connectivity index (χ3v) is 3.49. The van der Waals surface area contributed by atoms with Crippen molar-refractivity contribution in [2.24, 2.45) is 0 Å². The van der Waals surface area contributed by atoms with Gasteiger partial charge in [0, 0.05) is 6.92 Å². The molecule has 16 heavy (non-hydrogen) atoms. The lowest BCUT2D eigenvalue weighted by atomic mass is 10.5. The lowest BCUT2D eigenvalue weighted by Gasteiger charge is -2.07. The molecule has 1 rings (SSSR count). The van der Waals surface area contributed by atoms with Crippen LogP contribution in [0.5, 0.6) is 0 Å². The molecule has 1 heterocycles. The maximum atomic E-state index is 11.4. The van der Waals surface area contributed by atoms with Gasteiger partial charge < -0.3 is 9.63 Å². The Hall–Kier alpha value is -1.48. The molecule has 0 spiro atoms. The monoisotopic (exact) mass is 249 g/mol. The predicted octanol–water partition coefficient (Wildman–Crippen LogP) is -0.729. The third kappa shape index (κ3) is 3.00. The minimum atomic E-state index is -3.92. The Morgan fingerprint density at radius 2 is 2.25 bits per heavy atom. The second-order valence-corrected chi connectivity index (χ2v) is 5.16. The Kier molecular flexibility index (Phi) is 3.60. The molecule has 0 aromatic carbocycles. The summed E-state index contributed by atoms with van der Waals surface area (Å²) in [5.41, 5.74) is 0. The first-order chi connectivity index (χ1) is 7.33. The topological polar surface area (TPSA) is 122 Å². The average molecular weight is 249 g/mol. The van der Waals surface area contributed by atoms with Gasteiger partial charge >= 0.3 is 5.97 Å². The van der Waals surface area contributed by atoms with Gasteiger partial charge in [-0.1, -0.05) is 5.16 Å². The Morgan fingerprint density at radius 1 is 1.62 bits per heavy atom. The molecule has 0 saturated carbocycles. The van der Waals surface area contributed by atoms with E-state index in [1.807, 2.05) is 0 Å². The Morgan fingerprint density at radius 3 is 2.69 bits per heavy atom. The van der Waals surface area contributed by atoms with Gasteiger partial charge in [-0.15, -0.1) is 0 Å². The highest BCUT2D eigenvalue weighted by Gasteiger charge is 2.27. The Labute approximate surface area is 91.7 Å². The van der Waals surface area contributed by atoms with Crippen molar-refractivity contribution < 1.29 is 22.8 Å². The standard InChI is InChI=1S/C7H11N3O5S/c1-4(7(11)12)16(13,14)8-3-6-9-5(2)15-10-6/h4,8H,3H2,1-2H3,(H,11,12). The SMILES string of the molecule is Cc1nc(CNS(=O)(=O)C(C)C(=O)O)no1. The summed E-state index contributed by atoms with van der Waals surface area (Å²) >= 11 is 0. The maximum absolute atomic E-state index is 11.4. The summed E-state index contributed by atoms with van der Waals surface area (Å²) < 4.78 is 29.4. The predicted molar refractivity (Wildman–Crippen MR) is 51.9 cm³/mol. The van der Waals surface area contributed by atoms with Crippen LogP contribution in [0.1, 0.15) is 18.6 Å². The Bertz CT molecular complexity index is 480. The number of sulfonamides is 1. The lowest BCUT2D eigenvalue weighted by Crippen LogP contribution is -2.37. The summed E-state index contributed by atoms with van der Waals surface area (Å²) in [5.74, 6) is -0.962. The molecule has 2 N–H and O–H groups in total. The quantitative estimate of drug-likeness (QED) is 0.705.